The number of hydrogen-bond donors (Lipinski definition) is 2. The van der Waals surface area contributed by atoms with E-state index in [1.54, 1.807) is 24.0 Å². The molecule has 1 rings (SSSR count). The molecule has 0 aromatic carbocycles. The Labute approximate surface area is 86.9 Å². The summed E-state index contributed by atoms with van der Waals surface area (Å²) in [6, 6.07) is 1.76. The summed E-state index contributed by atoms with van der Waals surface area (Å²) in [5.74, 6) is -2.65. The van der Waals surface area contributed by atoms with Crippen LogP contribution in [0.3, 0.4) is 0 Å². The first-order valence-electron chi connectivity index (χ1n) is 4.49. The van der Waals surface area contributed by atoms with Gasteiger partial charge in [-0.2, -0.15) is 5.10 Å². The Hall–Kier alpha value is -1.85. The number of aliphatic carboxylic acids is 1. The van der Waals surface area contributed by atoms with Gasteiger partial charge in [0.25, 0.3) is 0 Å². The summed E-state index contributed by atoms with van der Waals surface area (Å²) in [7, 11) is 1.75. The SMILES string of the molecule is CC(C(=O)O)C(=O)NCc1ccnn1C. The van der Waals surface area contributed by atoms with Crippen LogP contribution in [0.1, 0.15) is 12.6 Å². The van der Waals surface area contributed by atoms with Crippen LogP contribution in [0.2, 0.25) is 0 Å². The average molecular weight is 211 g/mol. The van der Waals surface area contributed by atoms with Crippen molar-refractivity contribution in [3.05, 3.63) is 18.0 Å². The summed E-state index contributed by atoms with van der Waals surface area (Å²) < 4.78 is 1.62. The summed E-state index contributed by atoms with van der Waals surface area (Å²) in [5.41, 5.74) is 0.820. The predicted molar refractivity (Wildman–Crippen MR) is 51.9 cm³/mol. The number of carbonyl (C=O) groups excluding carboxylic acids is 1. The van der Waals surface area contributed by atoms with E-state index in [0.29, 0.717) is 0 Å². The van der Waals surface area contributed by atoms with Gasteiger partial charge >= 0.3 is 5.97 Å². The van der Waals surface area contributed by atoms with Crippen molar-refractivity contribution in [2.75, 3.05) is 0 Å². The van der Waals surface area contributed by atoms with Crippen molar-refractivity contribution in [2.45, 2.75) is 13.5 Å². The molecule has 82 valence electrons. The van der Waals surface area contributed by atoms with Crippen molar-refractivity contribution in [1.29, 1.82) is 0 Å². The Kier molecular flexibility index (Phi) is 3.43. The second-order valence-corrected chi connectivity index (χ2v) is 3.22. The number of nitrogens with zero attached hydrogens (tertiary/aromatic N) is 2. The van der Waals surface area contributed by atoms with Crippen LogP contribution in [0.15, 0.2) is 12.3 Å². The summed E-state index contributed by atoms with van der Waals surface area (Å²) >= 11 is 0. The molecule has 0 aliphatic heterocycles. The standard InChI is InChI=1S/C9H13N3O3/c1-6(9(14)15)8(13)10-5-7-3-4-11-12(7)2/h3-4,6H,5H2,1-2H3,(H,10,13)(H,14,15). The average Bonchev–Trinajstić information content (AvgIpc) is 2.59. The molecule has 6 nitrogen and oxygen atoms in total. The summed E-state index contributed by atoms with van der Waals surface area (Å²) in [6.07, 6.45) is 1.61. The highest BCUT2D eigenvalue weighted by molar-refractivity contribution is 5.96. The third-order valence-corrected chi connectivity index (χ3v) is 2.13. The molecule has 6 heteroatoms. The number of hydrogen-bond acceptors (Lipinski definition) is 3. The van der Waals surface area contributed by atoms with Crippen LogP contribution in [-0.2, 0) is 23.2 Å². The van der Waals surface area contributed by atoms with Crippen molar-refractivity contribution in [3.63, 3.8) is 0 Å². The first kappa shape index (κ1) is 11.2. The van der Waals surface area contributed by atoms with Gasteiger partial charge in [-0.05, 0) is 13.0 Å². The van der Waals surface area contributed by atoms with E-state index in [1.165, 1.54) is 6.92 Å². The van der Waals surface area contributed by atoms with Gasteiger partial charge in [-0.15, -0.1) is 0 Å². The molecule has 1 amide bonds. The summed E-state index contributed by atoms with van der Waals surface area (Å²) in [4.78, 5) is 21.8. The molecule has 0 aliphatic rings. The van der Waals surface area contributed by atoms with E-state index in [1.807, 2.05) is 0 Å². The Morgan fingerprint density at radius 1 is 1.67 bits per heavy atom. The smallest absolute Gasteiger partial charge is 0.315 e. The Morgan fingerprint density at radius 2 is 2.33 bits per heavy atom. The van der Waals surface area contributed by atoms with E-state index in [-0.39, 0.29) is 6.54 Å². The van der Waals surface area contributed by atoms with Crippen molar-refractivity contribution in [2.24, 2.45) is 13.0 Å². The van der Waals surface area contributed by atoms with Gasteiger partial charge in [0, 0.05) is 13.2 Å². The highest BCUT2D eigenvalue weighted by atomic mass is 16.4. The second-order valence-electron chi connectivity index (χ2n) is 3.22. The minimum Gasteiger partial charge on any atom is -0.481 e. The van der Waals surface area contributed by atoms with Crippen LogP contribution in [0.4, 0.5) is 0 Å². The largest absolute Gasteiger partial charge is 0.481 e. The third-order valence-electron chi connectivity index (χ3n) is 2.13. The molecular weight excluding hydrogens is 198 g/mol. The minimum atomic E-state index is -1.13. The number of carbonyl (C=O) groups is 2. The normalized spacial score (nSPS) is 12.1. The first-order valence-corrected chi connectivity index (χ1v) is 4.49. The van der Waals surface area contributed by atoms with E-state index in [9.17, 15) is 9.59 Å². The number of aryl methyl sites for hydroxylation is 1. The maximum Gasteiger partial charge on any atom is 0.315 e. The lowest BCUT2D eigenvalue weighted by atomic mass is 10.2. The summed E-state index contributed by atoms with van der Waals surface area (Å²) in [5, 5.41) is 15.0. The zero-order chi connectivity index (χ0) is 11.4. The van der Waals surface area contributed by atoms with E-state index < -0.39 is 17.8 Å². The van der Waals surface area contributed by atoms with Gasteiger partial charge < -0.3 is 10.4 Å². The Balaban J connectivity index is 2.48. The van der Waals surface area contributed by atoms with E-state index in [2.05, 4.69) is 10.4 Å². The molecular formula is C9H13N3O3. The number of amides is 1. The molecule has 1 unspecified atom stereocenters. The van der Waals surface area contributed by atoms with Crippen LogP contribution in [0.25, 0.3) is 0 Å². The molecule has 1 heterocycles. The fourth-order valence-electron chi connectivity index (χ4n) is 1.02. The first-order chi connectivity index (χ1) is 7.02. The lowest BCUT2D eigenvalue weighted by Gasteiger charge is -2.08. The fraction of sp³-hybridized carbons (Fsp3) is 0.444. The molecule has 0 aliphatic carbocycles. The number of carboxylic acids is 1. The van der Waals surface area contributed by atoms with Crippen molar-refractivity contribution < 1.29 is 14.7 Å². The van der Waals surface area contributed by atoms with E-state index >= 15 is 0 Å². The van der Waals surface area contributed by atoms with Crippen LogP contribution in [0, 0.1) is 5.92 Å². The van der Waals surface area contributed by atoms with Crippen LogP contribution in [-0.4, -0.2) is 26.8 Å². The molecule has 0 saturated carbocycles. The quantitative estimate of drug-likeness (QED) is 0.673. The maximum absolute atomic E-state index is 11.3. The lowest BCUT2D eigenvalue weighted by Crippen LogP contribution is -2.33. The molecule has 2 N–H and O–H groups in total. The highest BCUT2D eigenvalue weighted by Gasteiger charge is 2.19. The molecule has 0 spiro atoms. The number of carboxylic acid groups (broad SMARTS) is 1. The molecule has 1 atom stereocenters. The van der Waals surface area contributed by atoms with Gasteiger partial charge in [0.1, 0.15) is 5.92 Å². The van der Waals surface area contributed by atoms with Gasteiger partial charge in [-0.1, -0.05) is 0 Å². The molecule has 15 heavy (non-hydrogen) atoms. The van der Waals surface area contributed by atoms with E-state index in [4.69, 9.17) is 5.11 Å². The van der Waals surface area contributed by atoms with Gasteiger partial charge in [-0.3, -0.25) is 14.3 Å². The predicted octanol–water partition coefficient (Wildman–Crippen LogP) is -0.243. The van der Waals surface area contributed by atoms with Crippen LogP contribution >= 0.6 is 0 Å². The van der Waals surface area contributed by atoms with Gasteiger partial charge in [-0.25, -0.2) is 0 Å². The molecule has 0 radical (unpaired) electrons. The number of nitrogens with one attached hydrogen (secondary N) is 1. The molecule has 1 aromatic rings. The van der Waals surface area contributed by atoms with Gasteiger partial charge in [0.2, 0.25) is 5.91 Å². The van der Waals surface area contributed by atoms with Gasteiger partial charge in [0.15, 0.2) is 0 Å². The van der Waals surface area contributed by atoms with Crippen molar-refractivity contribution in [3.8, 4) is 0 Å². The molecule has 0 saturated heterocycles. The van der Waals surface area contributed by atoms with Crippen molar-refractivity contribution >= 4 is 11.9 Å². The van der Waals surface area contributed by atoms with Crippen molar-refractivity contribution in [1.82, 2.24) is 15.1 Å². The zero-order valence-corrected chi connectivity index (χ0v) is 8.60. The van der Waals surface area contributed by atoms with E-state index in [0.717, 1.165) is 5.69 Å². The van der Waals surface area contributed by atoms with Gasteiger partial charge in [0.05, 0.1) is 12.2 Å². The third kappa shape index (κ3) is 2.80. The van der Waals surface area contributed by atoms with Crippen LogP contribution < -0.4 is 5.32 Å². The lowest BCUT2D eigenvalue weighted by molar-refractivity contribution is -0.146. The number of aromatic nitrogens is 2. The number of rotatable bonds is 4. The molecule has 0 fully saturated rings. The zero-order valence-electron chi connectivity index (χ0n) is 8.60. The van der Waals surface area contributed by atoms with Crippen LogP contribution in [0.5, 0.6) is 0 Å². The molecule has 0 bridgehead atoms. The fourth-order valence-corrected chi connectivity index (χ4v) is 1.02. The Morgan fingerprint density at radius 3 is 2.80 bits per heavy atom. The topological polar surface area (TPSA) is 84.2 Å². The Bertz CT molecular complexity index is 372. The highest BCUT2D eigenvalue weighted by Crippen LogP contribution is 1.98. The monoisotopic (exact) mass is 211 g/mol. The minimum absolute atomic E-state index is 0.285. The second kappa shape index (κ2) is 4.59. The summed E-state index contributed by atoms with van der Waals surface area (Å²) in [6.45, 7) is 1.63. The molecule has 1 aromatic heterocycles. The maximum atomic E-state index is 11.3.